The third-order valence-electron chi connectivity index (χ3n) is 4.76. The molecule has 1 atom stereocenters. The van der Waals surface area contributed by atoms with Crippen molar-refractivity contribution in [1.29, 1.82) is 0 Å². The number of pyridine rings is 1. The average molecular weight is 343 g/mol. The zero-order chi connectivity index (χ0) is 17.8. The van der Waals surface area contributed by atoms with Gasteiger partial charge < -0.3 is 15.5 Å². The zero-order valence-corrected chi connectivity index (χ0v) is 14.6. The Bertz CT molecular complexity index is 815. The molecule has 1 amide bonds. The van der Waals surface area contributed by atoms with E-state index >= 15 is 0 Å². The molecule has 6 nitrogen and oxygen atoms in total. The van der Waals surface area contributed by atoms with Crippen LogP contribution in [0.25, 0.3) is 10.9 Å². The van der Waals surface area contributed by atoms with E-state index < -0.39 is 0 Å². The summed E-state index contributed by atoms with van der Waals surface area (Å²) in [4.78, 5) is 28.9. The lowest BCUT2D eigenvalue weighted by molar-refractivity contribution is -0.119. The predicted octanol–water partition coefficient (Wildman–Crippen LogP) is 2.16. The number of carbonyl (C=O) groups is 1. The van der Waals surface area contributed by atoms with Gasteiger partial charge in [0.1, 0.15) is 5.75 Å². The fourth-order valence-corrected chi connectivity index (χ4v) is 3.55. The highest BCUT2D eigenvalue weighted by Crippen LogP contribution is 2.23. The van der Waals surface area contributed by atoms with Gasteiger partial charge in [-0.2, -0.15) is 0 Å². The van der Waals surface area contributed by atoms with E-state index in [1.807, 2.05) is 31.2 Å². The van der Waals surface area contributed by atoms with E-state index in [2.05, 4.69) is 9.88 Å². The summed E-state index contributed by atoms with van der Waals surface area (Å²) in [5, 5.41) is 0.948. The van der Waals surface area contributed by atoms with Gasteiger partial charge in [0.05, 0.1) is 6.61 Å². The van der Waals surface area contributed by atoms with E-state index in [9.17, 15) is 9.59 Å². The summed E-state index contributed by atoms with van der Waals surface area (Å²) in [5.74, 6) is 0.503. The summed E-state index contributed by atoms with van der Waals surface area (Å²) in [6, 6.07) is 7.70. The van der Waals surface area contributed by atoms with Crippen LogP contribution in [0, 0.1) is 0 Å². The molecule has 0 aliphatic carbocycles. The van der Waals surface area contributed by atoms with Crippen LogP contribution >= 0.6 is 0 Å². The summed E-state index contributed by atoms with van der Waals surface area (Å²) in [6.07, 6.45) is 3.47. The van der Waals surface area contributed by atoms with E-state index in [0.29, 0.717) is 25.1 Å². The second-order valence-electron chi connectivity index (χ2n) is 6.60. The first kappa shape index (κ1) is 17.5. The van der Waals surface area contributed by atoms with Gasteiger partial charge >= 0.3 is 0 Å². The number of nitrogens with two attached hydrogens (primary N) is 1. The quantitative estimate of drug-likeness (QED) is 0.841. The number of likely N-dealkylation sites (tertiary alicyclic amines) is 1. The fourth-order valence-electron chi connectivity index (χ4n) is 3.55. The molecule has 1 aromatic carbocycles. The van der Waals surface area contributed by atoms with Gasteiger partial charge in [-0.25, -0.2) is 0 Å². The molecule has 1 aromatic heterocycles. The maximum absolute atomic E-state index is 12.4. The molecule has 0 saturated carbocycles. The minimum atomic E-state index is -0.286. The number of rotatable bonds is 6. The maximum Gasteiger partial charge on any atom is 0.252 e. The molecule has 3 N–H and O–H groups in total. The van der Waals surface area contributed by atoms with Crippen LogP contribution in [0.1, 0.15) is 38.2 Å². The van der Waals surface area contributed by atoms with Crippen molar-refractivity contribution in [2.45, 2.75) is 45.2 Å². The number of hydrogen-bond acceptors (Lipinski definition) is 4. The minimum absolute atomic E-state index is 0.0833. The van der Waals surface area contributed by atoms with Crippen molar-refractivity contribution >= 4 is 16.8 Å². The largest absolute Gasteiger partial charge is 0.494 e. The molecule has 1 aliphatic rings. The number of hydrogen-bond donors (Lipinski definition) is 2. The summed E-state index contributed by atoms with van der Waals surface area (Å²) in [6.45, 7) is 3.96. The Kier molecular flexibility index (Phi) is 5.38. The second-order valence-corrected chi connectivity index (χ2v) is 6.60. The number of piperidine rings is 1. The molecule has 2 aromatic rings. The molecule has 0 unspecified atom stereocenters. The molecule has 134 valence electrons. The Morgan fingerprint density at radius 1 is 1.36 bits per heavy atom. The van der Waals surface area contributed by atoms with Gasteiger partial charge in [0, 0.05) is 35.5 Å². The summed E-state index contributed by atoms with van der Waals surface area (Å²) in [5.41, 5.74) is 6.80. The van der Waals surface area contributed by atoms with Crippen LogP contribution < -0.4 is 16.0 Å². The Balaban J connectivity index is 1.87. The Morgan fingerprint density at radius 3 is 2.96 bits per heavy atom. The van der Waals surface area contributed by atoms with Crippen molar-refractivity contribution in [3.8, 4) is 5.75 Å². The molecule has 1 saturated heterocycles. The van der Waals surface area contributed by atoms with Gasteiger partial charge in [-0.05, 0) is 50.6 Å². The fraction of sp³-hybridized carbons (Fsp3) is 0.474. The molecular weight excluding hydrogens is 318 g/mol. The van der Waals surface area contributed by atoms with Gasteiger partial charge in [0.15, 0.2) is 0 Å². The van der Waals surface area contributed by atoms with Crippen LogP contribution in [0.4, 0.5) is 0 Å². The monoisotopic (exact) mass is 343 g/mol. The number of primary amides is 1. The van der Waals surface area contributed by atoms with Crippen molar-refractivity contribution in [3.05, 3.63) is 40.2 Å². The Morgan fingerprint density at radius 2 is 2.20 bits per heavy atom. The SMILES string of the molecule is CCOc1ccc2[nH]c(=O)c(CN3CCCC[C@@H]3CC(N)=O)cc2c1. The second kappa shape index (κ2) is 7.70. The molecule has 0 radical (unpaired) electrons. The van der Waals surface area contributed by atoms with Crippen LogP contribution in [0.3, 0.4) is 0 Å². The highest BCUT2D eigenvalue weighted by atomic mass is 16.5. The lowest BCUT2D eigenvalue weighted by Gasteiger charge is -2.35. The smallest absolute Gasteiger partial charge is 0.252 e. The standard InChI is InChI=1S/C19H25N3O3/c1-2-25-16-6-7-17-13(10-16)9-14(19(24)21-17)12-22-8-4-3-5-15(22)11-18(20)23/h6-7,9-10,15H,2-5,8,11-12H2,1H3,(H2,20,23)(H,21,24)/t15-/m1/s1. The van der Waals surface area contributed by atoms with Crippen molar-refractivity contribution in [2.24, 2.45) is 5.73 Å². The van der Waals surface area contributed by atoms with Crippen LogP contribution in [0.15, 0.2) is 29.1 Å². The number of aromatic amines is 1. The number of carbonyl (C=O) groups excluding carboxylic acids is 1. The molecule has 1 aliphatic heterocycles. The molecule has 25 heavy (non-hydrogen) atoms. The van der Waals surface area contributed by atoms with E-state index in [-0.39, 0.29) is 17.5 Å². The number of benzene rings is 1. The van der Waals surface area contributed by atoms with E-state index in [4.69, 9.17) is 10.5 Å². The Labute approximate surface area is 147 Å². The third-order valence-corrected chi connectivity index (χ3v) is 4.76. The van der Waals surface area contributed by atoms with E-state index in [1.165, 1.54) is 0 Å². The van der Waals surface area contributed by atoms with Crippen LogP contribution in [-0.2, 0) is 11.3 Å². The van der Waals surface area contributed by atoms with Crippen molar-refractivity contribution in [3.63, 3.8) is 0 Å². The van der Waals surface area contributed by atoms with E-state index in [0.717, 1.165) is 42.5 Å². The topological polar surface area (TPSA) is 88.4 Å². The number of nitrogens with one attached hydrogen (secondary N) is 1. The Hall–Kier alpha value is -2.34. The van der Waals surface area contributed by atoms with Gasteiger partial charge in [0.25, 0.3) is 5.56 Å². The highest BCUT2D eigenvalue weighted by molar-refractivity contribution is 5.80. The number of nitrogens with zero attached hydrogens (tertiary/aromatic N) is 1. The number of ether oxygens (including phenoxy) is 1. The van der Waals surface area contributed by atoms with Gasteiger partial charge in [-0.3, -0.25) is 14.5 Å². The number of H-pyrrole nitrogens is 1. The normalized spacial score (nSPS) is 18.4. The first-order valence-electron chi connectivity index (χ1n) is 8.88. The molecule has 3 rings (SSSR count). The summed E-state index contributed by atoms with van der Waals surface area (Å²) >= 11 is 0. The lowest BCUT2D eigenvalue weighted by atomic mass is 9.98. The first-order chi connectivity index (χ1) is 12.1. The number of aromatic nitrogens is 1. The number of fused-ring (bicyclic) bond motifs is 1. The molecular formula is C19H25N3O3. The summed E-state index contributed by atoms with van der Waals surface area (Å²) in [7, 11) is 0. The predicted molar refractivity (Wildman–Crippen MR) is 97.6 cm³/mol. The molecule has 2 heterocycles. The molecule has 6 heteroatoms. The van der Waals surface area contributed by atoms with Crippen LogP contribution in [-0.4, -0.2) is 35.0 Å². The zero-order valence-electron chi connectivity index (χ0n) is 14.6. The van der Waals surface area contributed by atoms with Crippen molar-refractivity contribution in [2.75, 3.05) is 13.2 Å². The average Bonchev–Trinajstić information content (AvgIpc) is 2.57. The lowest BCUT2D eigenvalue weighted by Crippen LogP contribution is -2.42. The summed E-state index contributed by atoms with van der Waals surface area (Å²) < 4.78 is 5.54. The minimum Gasteiger partial charge on any atom is -0.494 e. The first-order valence-corrected chi connectivity index (χ1v) is 8.88. The highest BCUT2D eigenvalue weighted by Gasteiger charge is 2.24. The van der Waals surface area contributed by atoms with Gasteiger partial charge in [-0.1, -0.05) is 6.42 Å². The van der Waals surface area contributed by atoms with Crippen LogP contribution in [0.5, 0.6) is 5.75 Å². The van der Waals surface area contributed by atoms with Gasteiger partial charge in [0.2, 0.25) is 5.91 Å². The molecule has 1 fully saturated rings. The van der Waals surface area contributed by atoms with Crippen molar-refractivity contribution < 1.29 is 9.53 Å². The molecule has 0 bridgehead atoms. The molecule has 0 spiro atoms. The van der Waals surface area contributed by atoms with Crippen LogP contribution in [0.2, 0.25) is 0 Å². The third kappa shape index (κ3) is 4.20. The van der Waals surface area contributed by atoms with E-state index in [1.54, 1.807) is 0 Å². The van der Waals surface area contributed by atoms with Gasteiger partial charge in [-0.15, -0.1) is 0 Å². The van der Waals surface area contributed by atoms with Crippen molar-refractivity contribution in [1.82, 2.24) is 9.88 Å². The number of amides is 1. The maximum atomic E-state index is 12.4.